The van der Waals surface area contributed by atoms with Crippen LogP contribution in [-0.2, 0) is 0 Å². The van der Waals surface area contributed by atoms with Crippen LogP contribution in [0.4, 0.5) is 17.3 Å². The van der Waals surface area contributed by atoms with Crippen molar-refractivity contribution in [3.63, 3.8) is 0 Å². The number of rotatable bonds is 5. The van der Waals surface area contributed by atoms with E-state index in [0.29, 0.717) is 39.4 Å². The number of aromatic nitrogens is 3. The Morgan fingerprint density at radius 3 is 2.48 bits per heavy atom. The van der Waals surface area contributed by atoms with Crippen molar-refractivity contribution in [1.82, 2.24) is 15.0 Å². The monoisotopic (exact) mass is 522 g/mol. The van der Waals surface area contributed by atoms with E-state index in [1.54, 1.807) is 18.6 Å². The van der Waals surface area contributed by atoms with Gasteiger partial charge in [0.2, 0.25) is 0 Å². The van der Waals surface area contributed by atoms with Crippen LogP contribution in [0.2, 0.25) is 0 Å². The normalized spacial score (nSPS) is 31.8. The molecule has 2 heterocycles. The lowest BCUT2D eigenvalue weighted by molar-refractivity contribution is 0.0280. The first-order chi connectivity index (χ1) is 13.5. The maximum Gasteiger partial charge on any atom is 0.252 e. The molecule has 0 radical (unpaired) electrons. The van der Waals surface area contributed by atoms with Crippen molar-refractivity contribution in [3.8, 4) is 0 Å². The standard InChI is InChI=1S/C20H23BrN6O.BrH/c21-20-6-11-3-12(7-20)18(13(4-11)8-20)26-15-5-16(25-9-14(15)19(22)28)27-17-10-23-1-2-24-17;/h1-2,5,9-13,18H,3-4,6-8H2,(H2,22,28)(H2,24,25,26,27);1H/t11?,12-,13+,18?,20?;. The van der Waals surface area contributed by atoms with Crippen LogP contribution in [0.5, 0.6) is 0 Å². The van der Waals surface area contributed by atoms with Crippen LogP contribution in [0.15, 0.2) is 30.9 Å². The fourth-order valence-electron chi connectivity index (χ4n) is 5.67. The predicted octanol–water partition coefficient (Wildman–Crippen LogP) is 4.05. The summed E-state index contributed by atoms with van der Waals surface area (Å²) in [5, 5.41) is 6.81. The van der Waals surface area contributed by atoms with Crippen molar-refractivity contribution in [2.24, 2.45) is 23.5 Å². The Hall–Kier alpha value is -1.74. The second-order valence-electron chi connectivity index (χ2n) is 8.49. The fourth-order valence-corrected chi connectivity index (χ4v) is 6.96. The third-order valence-electron chi connectivity index (χ3n) is 6.51. The molecule has 6 rings (SSSR count). The highest BCUT2D eigenvalue weighted by atomic mass is 79.9. The first-order valence-electron chi connectivity index (χ1n) is 9.77. The van der Waals surface area contributed by atoms with Crippen LogP contribution in [0.1, 0.15) is 42.5 Å². The number of halogens is 2. The van der Waals surface area contributed by atoms with E-state index in [1.165, 1.54) is 38.3 Å². The number of amides is 1. The number of carbonyl (C=O) groups is 1. The van der Waals surface area contributed by atoms with Gasteiger partial charge in [-0.15, -0.1) is 17.0 Å². The van der Waals surface area contributed by atoms with Gasteiger partial charge in [0.15, 0.2) is 0 Å². The summed E-state index contributed by atoms with van der Waals surface area (Å²) < 4.78 is 0.325. The third-order valence-corrected chi connectivity index (χ3v) is 7.48. The molecule has 3 unspecified atom stereocenters. The lowest BCUT2D eigenvalue weighted by Gasteiger charge is -2.58. The van der Waals surface area contributed by atoms with Crippen molar-refractivity contribution in [2.45, 2.75) is 42.5 Å². The average molecular weight is 524 g/mol. The van der Waals surface area contributed by atoms with E-state index in [4.69, 9.17) is 5.73 Å². The summed E-state index contributed by atoms with van der Waals surface area (Å²) >= 11 is 4.02. The highest BCUT2D eigenvalue weighted by Crippen LogP contribution is 2.59. The summed E-state index contributed by atoms with van der Waals surface area (Å²) in [5.41, 5.74) is 6.79. The average Bonchev–Trinajstić information content (AvgIpc) is 2.64. The second-order valence-corrected chi connectivity index (χ2v) is 10.2. The first-order valence-corrected chi connectivity index (χ1v) is 10.6. The van der Waals surface area contributed by atoms with Gasteiger partial charge in [-0.2, -0.15) is 0 Å². The van der Waals surface area contributed by atoms with Crippen molar-refractivity contribution < 1.29 is 4.79 Å². The summed E-state index contributed by atoms with van der Waals surface area (Å²) in [4.78, 5) is 24.6. The maximum absolute atomic E-state index is 12.0. The van der Waals surface area contributed by atoms with Gasteiger partial charge in [0.1, 0.15) is 11.6 Å². The van der Waals surface area contributed by atoms with Crippen molar-refractivity contribution in [1.29, 1.82) is 0 Å². The Balaban J connectivity index is 0.00000205. The Morgan fingerprint density at radius 2 is 1.86 bits per heavy atom. The zero-order valence-corrected chi connectivity index (χ0v) is 19.1. The second kappa shape index (κ2) is 7.83. The number of nitrogens with zero attached hydrogens (tertiary/aromatic N) is 3. The molecular weight excluding hydrogens is 500 g/mol. The summed E-state index contributed by atoms with van der Waals surface area (Å²) in [6, 6.07) is 2.22. The van der Waals surface area contributed by atoms with Gasteiger partial charge in [-0.05, 0) is 49.9 Å². The van der Waals surface area contributed by atoms with Gasteiger partial charge in [-0.1, -0.05) is 15.9 Å². The minimum absolute atomic E-state index is 0. The number of nitrogens with two attached hydrogens (primary N) is 1. The Bertz CT molecular complexity index is 895. The molecular formula is C20H24Br2N6O. The number of primary amides is 1. The Morgan fingerprint density at radius 1 is 1.10 bits per heavy atom. The van der Waals surface area contributed by atoms with Crippen LogP contribution in [0.25, 0.3) is 0 Å². The van der Waals surface area contributed by atoms with Gasteiger partial charge < -0.3 is 16.4 Å². The molecule has 0 aliphatic heterocycles. The van der Waals surface area contributed by atoms with E-state index in [1.807, 2.05) is 6.07 Å². The molecule has 2 aromatic rings. The van der Waals surface area contributed by atoms with Gasteiger partial charge in [-0.3, -0.25) is 9.78 Å². The SMILES string of the molecule is Br.NC(=O)c1cnc(Nc2cnccn2)cc1NC1[C@@H]2CC3C[C@H]1CC(Br)(C3)C2. The summed E-state index contributed by atoms with van der Waals surface area (Å²) in [6.45, 7) is 0. The van der Waals surface area contributed by atoms with E-state index in [0.717, 1.165) is 11.6 Å². The molecule has 2 aromatic heterocycles. The maximum atomic E-state index is 12.0. The highest BCUT2D eigenvalue weighted by Gasteiger charge is 2.54. The summed E-state index contributed by atoms with van der Waals surface area (Å²) in [7, 11) is 0. The molecule has 0 spiro atoms. The quantitative estimate of drug-likeness (QED) is 0.510. The van der Waals surface area contributed by atoms with Crippen molar-refractivity contribution >= 4 is 56.1 Å². The number of hydrogen-bond donors (Lipinski definition) is 3. The lowest BCUT2D eigenvalue weighted by atomic mass is 9.54. The largest absolute Gasteiger partial charge is 0.381 e. The molecule has 5 atom stereocenters. The smallest absolute Gasteiger partial charge is 0.252 e. The topological polar surface area (TPSA) is 106 Å². The summed E-state index contributed by atoms with van der Waals surface area (Å²) in [6.07, 6.45) is 12.6. The lowest BCUT2D eigenvalue weighted by Crippen LogP contribution is -2.56. The molecule has 29 heavy (non-hydrogen) atoms. The number of hydrogen-bond acceptors (Lipinski definition) is 6. The first kappa shape index (κ1) is 20.5. The van der Waals surface area contributed by atoms with Crippen LogP contribution < -0.4 is 16.4 Å². The number of pyridine rings is 1. The number of nitrogens with one attached hydrogen (secondary N) is 2. The molecule has 0 saturated heterocycles. The van der Waals surface area contributed by atoms with Gasteiger partial charge >= 0.3 is 0 Å². The summed E-state index contributed by atoms with van der Waals surface area (Å²) in [5.74, 6) is 2.81. The van der Waals surface area contributed by atoms with Gasteiger partial charge in [0.05, 0.1) is 17.4 Å². The van der Waals surface area contributed by atoms with E-state index >= 15 is 0 Å². The van der Waals surface area contributed by atoms with Crippen LogP contribution in [0.3, 0.4) is 0 Å². The molecule has 7 nitrogen and oxygen atoms in total. The Labute approximate surface area is 188 Å². The number of carbonyl (C=O) groups excluding carboxylic acids is 1. The molecule has 4 aliphatic carbocycles. The van der Waals surface area contributed by atoms with Gasteiger partial charge in [0.25, 0.3) is 5.91 Å². The van der Waals surface area contributed by atoms with E-state index in [-0.39, 0.29) is 17.0 Å². The van der Waals surface area contributed by atoms with Crippen LogP contribution in [0, 0.1) is 17.8 Å². The molecule has 4 saturated carbocycles. The molecule has 0 aromatic carbocycles. The van der Waals surface area contributed by atoms with Crippen LogP contribution in [-0.4, -0.2) is 31.2 Å². The van der Waals surface area contributed by atoms with Gasteiger partial charge in [0, 0.05) is 35.0 Å². The number of anilines is 3. The van der Waals surface area contributed by atoms with Crippen molar-refractivity contribution in [3.05, 3.63) is 36.4 Å². The van der Waals surface area contributed by atoms with E-state index in [2.05, 4.69) is 41.5 Å². The molecule has 1 amide bonds. The molecule has 9 heteroatoms. The molecule has 4 fully saturated rings. The van der Waals surface area contributed by atoms with E-state index in [9.17, 15) is 4.79 Å². The minimum Gasteiger partial charge on any atom is -0.381 e. The highest BCUT2D eigenvalue weighted by molar-refractivity contribution is 9.10. The zero-order valence-electron chi connectivity index (χ0n) is 15.8. The molecule has 4 aliphatic rings. The Kier molecular flexibility index (Phi) is 5.54. The molecule has 4 N–H and O–H groups in total. The van der Waals surface area contributed by atoms with E-state index < -0.39 is 5.91 Å². The predicted molar refractivity (Wildman–Crippen MR) is 121 cm³/mol. The van der Waals surface area contributed by atoms with Gasteiger partial charge in [-0.25, -0.2) is 9.97 Å². The zero-order chi connectivity index (χ0) is 19.3. The molecule has 154 valence electrons. The van der Waals surface area contributed by atoms with Crippen molar-refractivity contribution in [2.75, 3.05) is 10.6 Å². The fraction of sp³-hybridized carbons (Fsp3) is 0.500. The third kappa shape index (κ3) is 3.99. The van der Waals surface area contributed by atoms with Crippen LogP contribution >= 0.6 is 32.9 Å². The number of alkyl halides is 1. The minimum atomic E-state index is -0.471. The molecule has 4 bridgehead atoms.